The number of hydrogen-bond donors (Lipinski definition) is 2. The first-order chi connectivity index (χ1) is 7.22. The summed E-state index contributed by atoms with van der Waals surface area (Å²) in [6, 6.07) is 1.63. The molecule has 1 aromatic heterocycles. The number of nitrogens with one attached hydrogen (secondary N) is 1. The lowest BCUT2D eigenvalue weighted by atomic mass is 10.6. The maximum atomic E-state index is 10.2. The molecule has 1 rings (SSSR count). The standard InChI is InChI=1S/C8H12N4O3/c1-14-6-2-3-10-8(12-6)11-4-5-15-7(9)13/h2-3H,4-5H2,1H3,(H2,9,13)(H,10,11,12). The lowest BCUT2D eigenvalue weighted by Gasteiger charge is -2.05. The van der Waals surface area contributed by atoms with Gasteiger partial charge in [0.05, 0.1) is 13.7 Å². The van der Waals surface area contributed by atoms with Crippen LogP contribution in [0.5, 0.6) is 5.88 Å². The Labute approximate surface area is 86.6 Å². The third-order valence-electron chi connectivity index (χ3n) is 1.47. The van der Waals surface area contributed by atoms with Crippen LogP contribution in [0.3, 0.4) is 0 Å². The van der Waals surface area contributed by atoms with Gasteiger partial charge in [0, 0.05) is 12.3 Å². The molecular weight excluding hydrogens is 200 g/mol. The van der Waals surface area contributed by atoms with Crippen molar-refractivity contribution in [3.63, 3.8) is 0 Å². The number of rotatable bonds is 5. The van der Waals surface area contributed by atoms with Crippen molar-refractivity contribution < 1.29 is 14.3 Å². The fraction of sp³-hybridized carbons (Fsp3) is 0.375. The van der Waals surface area contributed by atoms with Gasteiger partial charge in [-0.1, -0.05) is 0 Å². The van der Waals surface area contributed by atoms with E-state index in [-0.39, 0.29) is 6.61 Å². The third-order valence-corrected chi connectivity index (χ3v) is 1.47. The van der Waals surface area contributed by atoms with Gasteiger partial charge in [0.25, 0.3) is 0 Å². The highest BCUT2D eigenvalue weighted by molar-refractivity contribution is 5.64. The highest BCUT2D eigenvalue weighted by Crippen LogP contribution is 2.06. The van der Waals surface area contributed by atoms with Gasteiger partial charge in [-0.25, -0.2) is 9.78 Å². The fourth-order valence-electron chi connectivity index (χ4n) is 0.855. The van der Waals surface area contributed by atoms with Crippen molar-refractivity contribution in [3.05, 3.63) is 12.3 Å². The molecule has 0 saturated heterocycles. The van der Waals surface area contributed by atoms with Crippen molar-refractivity contribution in [3.8, 4) is 5.88 Å². The summed E-state index contributed by atoms with van der Waals surface area (Å²) in [6.07, 6.45) is 0.756. The molecule has 7 nitrogen and oxygen atoms in total. The Hall–Kier alpha value is -2.05. The second kappa shape index (κ2) is 5.63. The molecular formula is C8H12N4O3. The quantitative estimate of drug-likeness (QED) is 0.666. The van der Waals surface area contributed by atoms with Gasteiger partial charge in [0.2, 0.25) is 11.8 Å². The van der Waals surface area contributed by atoms with E-state index in [0.29, 0.717) is 18.4 Å². The first kappa shape index (κ1) is 11.0. The molecule has 0 aliphatic rings. The van der Waals surface area contributed by atoms with E-state index in [9.17, 15) is 4.79 Å². The molecule has 0 aromatic carbocycles. The number of ether oxygens (including phenoxy) is 2. The van der Waals surface area contributed by atoms with Crippen LogP contribution in [-0.2, 0) is 4.74 Å². The van der Waals surface area contributed by atoms with Crippen LogP contribution in [0.4, 0.5) is 10.7 Å². The monoisotopic (exact) mass is 212 g/mol. The fourth-order valence-corrected chi connectivity index (χ4v) is 0.855. The summed E-state index contributed by atoms with van der Waals surface area (Å²) in [5.41, 5.74) is 4.78. The molecule has 1 amide bonds. The SMILES string of the molecule is COc1ccnc(NCCOC(N)=O)n1. The maximum absolute atomic E-state index is 10.2. The summed E-state index contributed by atoms with van der Waals surface area (Å²) < 4.78 is 9.41. The number of anilines is 1. The Bertz CT molecular complexity index is 331. The minimum Gasteiger partial charge on any atom is -0.481 e. The zero-order chi connectivity index (χ0) is 11.1. The van der Waals surface area contributed by atoms with Crippen LogP contribution in [0.2, 0.25) is 0 Å². The summed E-state index contributed by atoms with van der Waals surface area (Å²) in [7, 11) is 1.52. The van der Waals surface area contributed by atoms with Gasteiger partial charge in [-0.15, -0.1) is 0 Å². The van der Waals surface area contributed by atoms with Gasteiger partial charge in [0.1, 0.15) is 6.61 Å². The molecule has 0 radical (unpaired) electrons. The van der Waals surface area contributed by atoms with Crippen LogP contribution in [0.25, 0.3) is 0 Å². The van der Waals surface area contributed by atoms with E-state index in [4.69, 9.17) is 10.5 Å². The molecule has 7 heteroatoms. The van der Waals surface area contributed by atoms with E-state index in [1.54, 1.807) is 12.3 Å². The highest BCUT2D eigenvalue weighted by Gasteiger charge is 1.98. The Balaban J connectivity index is 2.33. The molecule has 0 atom stereocenters. The predicted molar refractivity (Wildman–Crippen MR) is 52.6 cm³/mol. The molecule has 0 saturated carbocycles. The summed E-state index contributed by atoms with van der Waals surface area (Å²) >= 11 is 0. The first-order valence-electron chi connectivity index (χ1n) is 4.25. The van der Waals surface area contributed by atoms with Crippen molar-refractivity contribution in [2.45, 2.75) is 0 Å². The van der Waals surface area contributed by atoms with Crippen LogP contribution >= 0.6 is 0 Å². The van der Waals surface area contributed by atoms with Gasteiger partial charge in [-0.3, -0.25) is 0 Å². The van der Waals surface area contributed by atoms with Crippen molar-refractivity contribution in [1.29, 1.82) is 0 Å². The molecule has 1 aromatic rings. The van der Waals surface area contributed by atoms with Crippen molar-refractivity contribution in [2.24, 2.45) is 5.73 Å². The van der Waals surface area contributed by atoms with Crippen LogP contribution in [0.15, 0.2) is 12.3 Å². The van der Waals surface area contributed by atoms with E-state index in [1.807, 2.05) is 0 Å². The largest absolute Gasteiger partial charge is 0.481 e. The van der Waals surface area contributed by atoms with E-state index in [1.165, 1.54) is 7.11 Å². The van der Waals surface area contributed by atoms with Crippen LogP contribution in [-0.4, -0.2) is 36.3 Å². The van der Waals surface area contributed by atoms with E-state index in [0.717, 1.165) is 0 Å². The summed E-state index contributed by atoms with van der Waals surface area (Å²) in [5.74, 6) is 0.866. The molecule has 0 aliphatic carbocycles. The molecule has 3 N–H and O–H groups in total. The molecule has 15 heavy (non-hydrogen) atoms. The Morgan fingerprint density at radius 1 is 1.67 bits per heavy atom. The normalized spacial score (nSPS) is 9.40. The van der Waals surface area contributed by atoms with E-state index < -0.39 is 6.09 Å². The minimum absolute atomic E-state index is 0.163. The van der Waals surface area contributed by atoms with Crippen LogP contribution < -0.4 is 15.8 Å². The molecule has 82 valence electrons. The number of nitrogens with zero attached hydrogens (tertiary/aromatic N) is 2. The second-order valence-corrected chi connectivity index (χ2v) is 2.52. The zero-order valence-electron chi connectivity index (χ0n) is 8.27. The lowest BCUT2D eigenvalue weighted by Crippen LogP contribution is -2.19. The predicted octanol–water partition coefficient (Wildman–Crippen LogP) is -0.00760. The number of nitrogens with two attached hydrogens (primary N) is 1. The second-order valence-electron chi connectivity index (χ2n) is 2.52. The van der Waals surface area contributed by atoms with Crippen molar-refractivity contribution in [1.82, 2.24) is 9.97 Å². The maximum Gasteiger partial charge on any atom is 0.404 e. The van der Waals surface area contributed by atoms with Gasteiger partial charge >= 0.3 is 6.09 Å². The minimum atomic E-state index is -0.802. The molecule has 0 aliphatic heterocycles. The van der Waals surface area contributed by atoms with Crippen molar-refractivity contribution in [2.75, 3.05) is 25.6 Å². The van der Waals surface area contributed by atoms with E-state index >= 15 is 0 Å². The summed E-state index contributed by atoms with van der Waals surface area (Å²) in [4.78, 5) is 18.2. The van der Waals surface area contributed by atoms with Gasteiger partial charge in [-0.2, -0.15) is 4.98 Å². The van der Waals surface area contributed by atoms with Crippen LogP contribution in [0.1, 0.15) is 0 Å². The number of aromatic nitrogens is 2. The number of amides is 1. The zero-order valence-corrected chi connectivity index (χ0v) is 8.27. The first-order valence-corrected chi connectivity index (χ1v) is 4.25. The molecule has 0 fully saturated rings. The van der Waals surface area contributed by atoms with Crippen LogP contribution in [0, 0.1) is 0 Å². The number of carbonyl (C=O) groups is 1. The average Bonchev–Trinajstić information content (AvgIpc) is 2.24. The summed E-state index contributed by atoms with van der Waals surface area (Å²) in [5, 5.41) is 2.84. The third kappa shape index (κ3) is 4.12. The molecule has 0 bridgehead atoms. The van der Waals surface area contributed by atoms with Crippen molar-refractivity contribution >= 4 is 12.0 Å². The van der Waals surface area contributed by atoms with Gasteiger partial charge in [0.15, 0.2) is 0 Å². The average molecular weight is 212 g/mol. The Morgan fingerprint density at radius 3 is 3.13 bits per heavy atom. The Morgan fingerprint density at radius 2 is 2.47 bits per heavy atom. The number of primary amides is 1. The Kier molecular flexibility index (Phi) is 4.14. The van der Waals surface area contributed by atoms with Gasteiger partial charge in [-0.05, 0) is 0 Å². The topological polar surface area (TPSA) is 99.4 Å². The lowest BCUT2D eigenvalue weighted by molar-refractivity contribution is 0.161. The molecule has 1 heterocycles. The number of carbonyl (C=O) groups excluding carboxylic acids is 1. The molecule has 0 unspecified atom stereocenters. The number of methoxy groups -OCH3 is 1. The van der Waals surface area contributed by atoms with Gasteiger partial charge < -0.3 is 20.5 Å². The van der Waals surface area contributed by atoms with E-state index in [2.05, 4.69) is 20.0 Å². The highest BCUT2D eigenvalue weighted by atomic mass is 16.5. The smallest absolute Gasteiger partial charge is 0.404 e. The summed E-state index contributed by atoms with van der Waals surface area (Å²) in [6.45, 7) is 0.548. The molecule has 0 spiro atoms. The number of hydrogen-bond acceptors (Lipinski definition) is 6.